The SMILES string of the molecule is COC(=O)c1cc(CCCCN2C(=O)c3ccccc3C2=O)c2ccc(C(C)C)ccc1-2. The number of unbranched alkanes of at least 4 members (excludes halogenated alkanes) is 1. The molecule has 2 amide bonds. The number of fused-ring (bicyclic) bond motifs is 2. The summed E-state index contributed by atoms with van der Waals surface area (Å²) < 4.78 is 4.99. The number of carbonyl (C=O) groups excluding carboxylic acids is 3. The minimum atomic E-state index is -0.343. The molecule has 1 aromatic carbocycles. The fraction of sp³-hybridized carbons (Fsp3) is 0.296. The largest absolute Gasteiger partial charge is 0.465 e. The van der Waals surface area contributed by atoms with E-state index in [1.165, 1.54) is 17.6 Å². The fourth-order valence-electron chi connectivity index (χ4n) is 4.34. The summed E-state index contributed by atoms with van der Waals surface area (Å²) in [5.41, 5.74) is 5.74. The van der Waals surface area contributed by atoms with Gasteiger partial charge in [0.05, 0.1) is 23.8 Å². The van der Waals surface area contributed by atoms with Crippen LogP contribution in [0.3, 0.4) is 0 Å². The first-order valence-corrected chi connectivity index (χ1v) is 11.0. The van der Waals surface area contributed by atoms with Crippen LogP contribution in [-0.4, -0.2) is 36.3 Å². The highest BCUT2D eigenvalue weighted by Crippen LogP contribution is 2.34. The highest BCUT2D eigenvalue weighted by atomic mass is 16.5. The predicted octanol–water partition coefficient (Wildman–Crippen LogP) is 5.32. The molecule has 4 rings (SSSR count). The van der Waals surface area contributed by atoms with Gasteiger partial charge in [-0.2, -0.15) is 0 Å². The Hall–Kier alpha value is -3.47. The number of rotatable bonds is 7. The molecule has 0 spiro atoms. The molecule has 5 heteroatoms. The van der Waals surface area contributed by atoms with Crippen molar-refractivity contribution in [3.63, 3.8) is 0 Å². The van der Waals surface area contributed by atoms with E-state index in [1.54, 1.807) is 24.3 Å². The Morgan fingerprint density at radius 1 is 0.875 bits per heavy atom. The van der Waals surface area contributed by atoms with Crippen LogP contribution in [0.1, 0.15) is 74.8 Å². The summed E-state index contributed by atoms with van der Waals surface area (Å²) in [6, 6.07) is 17.1. The van der Waals surface area contributed by atoms with Crippen LogP contribution in [0.15, 0.2) is 54.6 Å². The standard InChI is InChI=1S/C27H27NO4/c1-17(2)18-11-13-20-19(16-24(27(31)32-3)21(20)14-12-18)8-6-7-15-28-25(29)22-9-4-5-10-23(22)26(28)30/h4-5,9-14,16-17H,6-8,15H2,1-3H3. The van der Waals surface area contributed by atoms with Crippen LogP contribution in [0.5, 0.6) is 0 Å². The highest BCUT2D eigenvalue weighted by Gasteiger charge is 2.34. The summed E-state index contributed by atoms with van der Waals surface area (Å²) in [5.74, 6) is -0.392. The topological polar surface area (TPSA) is 63.7 Å². The van der Waals surface area contributed by atoms with E-state index in [4.69, 9.17) is 4.74 Å². The van der Waals surface area contributed by atoms with Gasteiger partial charge < -0.3 is 4.74 Å². The molecule has 3 aliphatic rings. The van der Waals surface area contributed by atoms with Crippen molar-refractivity contribution in [1.29, 1.82) is 0 Å². The van der Waals surface area contributed by atoms with Crippen molar-refractivity contribution in [1.82, 2.24) is 4.90 Å². The molecule has 0 N–H and O–H groups in total. The van der Waals surface area contributed by atoms with Gasteiger partial charge in [-0.05, 0) is 65.6 Å². The van der Waals surface area contributed by atoms with Crippen molar-refractivity contribution in [3.8, 4) is 11.1 Å². The number of esters is 1. The van der Waals surface area contributed by atoms with Crippen LogP contribution in [0, 0.1) is 0 Å². The van der Waals surface area contributed by atoms with Crippen LogP contribution in [-0.2, 0) is 11.2 Å². The van der Waals surface area contributed by atoms with Crippen molar-refractivity contribution in [2.75, 3.05) is 13.7 Å². The lowest BCUT2D eigenvalue weighted by Gasteiger charge is -2.13. The summed E-state index contributed by atoms with van der Waals surface area (Å²) >= 11 is 0. The number of amides is 2. The quantitative estimate of drug-likeness (QED) is 0.290. The minimum Gasteiger partial charge on any atom is -0.465 e. The number of ether oxygens (including phenoxy) is 1. The molecule has 5 nitrogen and oxygen atoms in total. The molecule has 0 atom stereocenters. The molecule has 1 aromatic rings. The van der Waals surface area contributed by atoms with Crippen molar-refractivity contribution in [3.05, 3.63) is 82.4 Å². The van der Waals surface area contributed by atoms with Gasteiger partial charge in [-0.25, -0.2) is 4.79 Å². The zero-order valence-corrected chi connectivity index (χ0v) is 18.7. The van der Waals surface area contributed by atoms with E-state index in [2.05, 4.69) is 32.0 Å². The molecular weight excluding hydrogens is 402 g/mol. The van der Waals surface area contributed by atoms with Crippen molar-refractivity contribution < 1.29 is 19.1 Å². The Labute approximate surface area is 188 Å². The number of benzene rings is 1. The predicted molar refractivity (Wildman–Crippen MR) is 123 cm³/mol. The first-order valence-electron chi connectivity index (χ1n) is 11.0. The second-order valence-electron chi connectivity index (χ2n) is 8.49. The van der Waals surface area contributed by atoms with Gasteiger partial charge in [0.15, 0.2) is 0 Å². The maximum atomic E-state index is 12.5. The van der Waals surface area contributed by atoms with Crippen molar-refractivity contribution >= 4 is 17.8 Å². The lowest BCUT2D eigenvalue weighted by atomic mass is 10.0. The number of hydrogen-bond donors (Lipinski definition) is 0. The zero-order chi connectivity index (χ0) is 22.8. The van der Waals surface area contributed by atoms with E-state index >= 15 is 0 Å². The molecule has 2 aliphatic carbocycles. The molecule has 164 valence electrons. The summed E-state index contributed by atoms with van der Waals surface area (Å²) in [6.07, 6.45) is 2.24. The molecule has 0 unspecified atom stereocenters. The molecule has 0 saturated carbocycles. The molecule has 0 radical (unpaired) electrons. The third-order valence-electron chi connectivity index (χ3n) is 6.16. The average Bonchev–Trinajstić information content (AvgIpc) is 3.14. The highest BCUT2D eigenvalue weighted by molar-refractivity contribution is 6.21. The molecule has 0 bridgehead atoms. The molecular formula is C27H27NO4. The van der Waals surface area contributed by atoms with Gasteiger partial charge >= 0.3 is 5.97 Å². The number of methoxy groups -OCH3 is 1. The second-order valence-corrected chi connectivity index (χ2v) is 8.49. The lowest BCUT2D eigenvalue weighted by Crippen LogP contribution is -2.30. The van der Waals surface area contributed by atoms with Gasteiger partial charge in [-0.3, -0.25) is 14.5 Å². The monoisotopic (exact) mass is 429 g/mol. The number of aryl methyl sites for hydroxylation is 1. The third kappa shape index (κ3) is 3.91. The van der Waals surface area contributed by atoms with Crippen LogP contribution in [0.25, 0.3) is 11.1 Å². The number of nitrogens with zero attached hydrogens (tertiary/aromatic N) is 1. The minimum absolute atomic E-state index is 0.217. The van der Waals surface area contributed by atoms with Gasteiger partial charge in [-0.1, -0.05) is 50.2 Å². The Balaban J connectivity index is 1.48. The summed E-state index contributed by atoms with van der Waals surface area (Å²) in [4.78, 5) is 38.7. The smallest absolute Gasteiger partial charge is 0.338 e. The fourth-order valence-corrected chi connectivity index (χ4v) is 4.34. The van der Waals surface area contributed by atoms with Crippen LogP contribution >= 0.6 is 0 Å². The number of hydrogen-bond acceptors (Lipinski definition) is 4. The lowest BCUT2D eigenvalue weighted by molar-refractivity contribution is 0.0599. The van der Waals surface area contributed by atoms with E-state index in [0.29, 0.717) is 35.6 Å². The Kier molecular flexibility index (Phi) is 6.08. The zero-order valence-electron chi connectivity index (χ0n) is 18.7. The van der Waals surface area contributed by atoms with Crippen LogP contribution < -0.4 is 0 Å². The maximum absolute atomic E-state index is 12.5. The molecule has 0 saturated heterocycles. The first-order chi connectivity index (χ1) is 15.4. The van der Waals surface area contributed by atoms with Gasteiger partial charge in [0.2, 0.25) is 0 Å². The van der Waals surface area contributed by atoms with Gasteiger partial charge in [0, 0.05) is 6.54 Å². The van der Waals surface area contributed by atoms with Gasteiger partial charge in [0.25, 0.3) is 11.8 Å². The van der Waals surface area contributed by atoms with Crippen molar-refractivity contribution in [2.45, 2.75) is 39.0 Å². The number of carbonyl (C=O) groups is 3. The van der Waals surface area contributed by atoms with Gasteiger partial charge in [-0.15, -0.1) is 0 Å². The third-order valence-corrected chi connectivity index (χ3v) is 6.16. The Bertz CT molecular complexity index is 1130. The molecule has 1 aliphatic heterocycles. The Morgan fingerprint density at radius 3 is 2.09 bits per heavy atom. The van der Waals surface area contributed by atoms with Crippen molar-refractivity contribution in [2.24, 2.45) is 0 Å². The second kappa shape index (κ2) is 8.95. The van der Waals surface area contributed by atoms with E-state index in [1.807, 2.05) is 12.1 Å². The average molecular weight is 430 g/mol. The van der Waals surface area contributed by atoms with Crippen LogP contribution in [0.2, 0.25) is 0 Å². The normalized spacial score (nSPS) is 13.2. The maximum Gasteiger partial charge on any atom is 0.338 e. The molecule has 0 fully saturated rings. The van der Waals surface area contributed by atoms with E-state index in [9.17, 15) is 14.4 Å². The van der Waals surface area contributed by atoms with E-state index < -0.39 is 0 Å². The van der Waals surface area contributed by atoms with E-state index in [0.717, 1.165) is 29.5 Å². The molecule has 1 heterocycles. The first kappa shape index (κ1) is 21.8. The number of imide groups is 1. The molecule has 0 aromatic heterocycles. The Morgan fingerprint density at radius 2 is 1.50 bits per heavy atom. The summed E-state index contributed by atoms with van der Waals surface area (Å²) in [7, 11) is 1.39. The van der Waals surface area contributed by atoms with E-state index in [-0.39, 0.29) is 17.8 Å². The van der Waals surface area contributed by atoms with Crippen LogP contribution in [0.4, 0.5) is 0 Å². The molecule has 32 heavy (non-hydrogen) atoms. The van der Waals surface area contributed by atoms with Gasteiger partial charge in [0.1, 0.15) is 0 Å². The summed E-state index contributed by atoms with van der Waals surface area (Å²) in [5, 5.41) is 0. The summed E-state index contributed by atoms with van der Waals surface area (Å²) in [6.45, 7) is 4.67.